The van der Waals surface area contributed by atoms with E-state index in [9.17, 15) is 4.79 Å². The van der Waals surface area contributed by atoms with Gasteiger partial charge in [0.1, 0.15) is 12.3 Å². The summed E-state index contributed by atoms with van der Waals surface area (Å²) in [6.45, 7) is 6.94. The molecule has 0 saturated carbocycles. The Morgan fingerprint density at radius 3 is 2.59 bits per heavy atom. The summed E-state index contributed by atoms with van der Waals surface area (Å²) < 4.78 is 5.51. The summed E-state index contributed by atoms with van der Waals surface area (Å²) in [4.78, 5) is 27.8. The van der Waals surface area contributed by atoms with Gasteiger partial charge in [0.2, 0.25) is 5.91 Å². The van der Waals surface area contributed by atoms with Crippen molar-refractivity contribution in [3.63, 3.8) is 0 Å². The third kappa shape index (κ3) is 6.35. The topological polar surface area (TPSA) is 73.3 Å². The SMILES string of the molecule is CCNC(=NCC(=O)N(C)CCc1ccccn1)N1CCN(c2ccccc2OC)CC1. The Balaban J connectivity index is 1.53. The molecule has 1 aliphatic heterocycles. The molecule has 3 rings (SSSR count). The van der Waals surface area contributed by atoms with E-state index in [1.807, 2.05) is 50.4 Å². The molecule has 8 heteroatoms. The monoisotopic (exact) mass is 438 g/mol. The molecule has 0 spiro atoms. The summed E-state index contributed by atoms with van der Waals surface area (Å²) in [6.07, 6.45) is 2.51. The molecule has 2 heterocycles. The maximum Gasteiger partial charge on any atom is 0.244 e. The Hall–Kier alpha value is -3.29. The number of pyridine rings is 1. The standard InChI is InChI=1S/C24H34N6O2/c1-4-25-24(27-19-23(31)28(2)14-12-20-9-7-8-13-26-20)30-17-15-29(16-18-30)21-10-5-6-11-22(21)32-3/h5-11,13H,4,12,14-19H2,1-3H3,(H,25,27). The van der Waals surface area contributed by atoms with Crippen molar-refractivity contribution in [2.75, 3.05) is 64.9 Å². The molecule has 1 aromatic carbocycles. The minimum Gasteiger partial charge on any atom is -0.495 e. The molecule has 1 aliphatic rings. The average molecular weight is 439 g/mol. The van der Waals surface area contributed by atoms with Crippen LogP contribution >= 0.6 is 0 Å². The summed E-state index contributed by atoms with van der Waals surface area (Å²) in [5.41, 5.74) is 2.10. The molecule has 1 aromatic heterocycles. The number of rotatable bonds is 8. The fraction of sp³-hybridized carbons (Fsp3) is 0.458. The number of benzene rings is 1. The molecule has 8 nitrogen and oxygen atoms in total. The number of guanidine groups is 1. The number of para-hydroxylation sites is 2. The predicted molar refractivity (Wildman–Crippen MR) is 128 cm³/mol. The second kappa shape index (κ2) is 11.9. The Morgan fingerprint density at radius 2 is 1.91 bits per heavy atom. The number of carbonyl (C=O) groups is 1. The van der Waals surface area contributed by atoms with Gasteiger partial charge in [-0.1, -0.05) is 18.2 Å². The van der Waals surface area contributed by atoms with Gasteiger partial charge < -0.3 is 24.8 Å². The first-order valence-corrected chi connectivity index (χ1v) is 11.2. The molecule has 0 aliphatic carbocycles. The van der Waals surface area contributed by atoms with Gasteiger partial charge in [0.05, 0.1) is 12.8 Å². The number of likely N-dealkylation sites (N-methyl/N-ethyl adjacent to an activating group) is 1. The quantitative estimate of drug-likeness (QED) is 0.501. The molecule has 1 amide bonds. The van der Waals surface area contributed by atoms with Gasteiger partial charge in [-0.2, -0.15) is 0 Å². The first kappa shape index (κ1) is 23.4. The van der Waals surface area contributed by atoms with Crippen molar-refractivity contribution in [2.24, 2.45) is 4.99 Å². The van der Waals surface area contributed by atoms with E-state index in [0.29, 0.717) is 6.54 Å². The number of hydrogen-bond acceptors (Lipinski definition) is 5. The van der Waals surface area contributed by atoms with E-state index in [-0.39, 0.29) is 12.5 Å². The van der Waals surface area contributed by atoms with Crippen molar-refractivity contribution < 1.29 is 9.53 Å². The number of carbonyl (C=O) groups excluding carboxylic acids is 1. The minimum absolute atomic E-state index is 0.00370. The van der Waals surface area contributed by atoms with Crippen LogP contribution < -0.4 is 15.0 Å². The van der Waals surface area contributed by atoms with Crippen LogP contribution in [0.2, 0.25) is 0 Å². The van der Waals surface area contributed by atoms with Gasteiger partial charge in [0.25, 0.3) is 0 Å². The van der Waals surface area contributed by atoms with Crippen LogP contribution in [0.1, 0.15) is 12.6 Å². The van der Waals surface area contributed by atoms with Crippen molar-refractivity contribution in [3.05, 3.63) is 54.4 Å². The highest BCUT2D eigenvalue weighted by Gasteiger charge is 2.22. The molecule has 0 unspecified atom stereocenters. The highest BCUT2D eigenvalue weighted by atomic mass is 16.5. The Morgan fingerprint density at radius 1 is 1.16 bits per heavy atom. The van der Waals surface area contributed by atoms with E-state index in [4.69, 9.17) is 4.74 Å². The summed E-state index contributed by atoms with van der Waals surface area (Å²) in [5.74, 6) is 1.68. The highest BCUT2D eigenvalue weighted by Crippen LogP contribution is 2.28. The normalized spacial score (nSPS) is 14.3. The van der Waals surface area contributed by atoms with E-state index in [2.05, 4.69) is 31.2 Å². The maximum atomic E-state index is 12.6. The molecule has 0 atom stereocenters. The molecule has 0 bridgehead atoms. The average Bonchev–Trinajstić information content (AvgIpc) is 2.85. The number of nitrogens with one attached hydrogen (secondary N) is 1. The number of piperazine rings is 1. The fourth-order valence-electron chi connectivity index (χ4n) is 3.69. The third-order valence-corrected chi connectivity index (χ3v) is 5.56. The number of nitrogens with zero attached hydrogens (tertiary/aromatic N) is 5. The molecule has 1 saturated heterocycles. The van der Waals surface area contributed by atoms with E-state index in [1.165, 1.54) is 0 Å². The lowest BCUT2D eigenvalue weighted by Gasteiger charge is -2.38. The van der Waals surface area contributed by atoms with Crippen molar-refractivity contribution in [2.45, 2.75) is 13.3 Å². The number of anilines is 1. The Labute approximate surface area is 190 Å². The number of aromatic nitrogens is 1. The molecule has 1 fully saturated rings. The molecule has 0 radical (unpaired) electrons. The zero-order valence-corrected chi connectivity index (χ0v) is 19.3. The minimum atomic E-state index is 0.00370. The second-order valence-electron chi connectivity index (χ2n) is 7.70. The molecular weight excluding hydrogens is 404 g/mol. The molecule has 172 valence electrons. The van der Waals surface area contributed by atoms with E-state index in [1.54, 1.807) is 18.2 Å². The predicted octanol–water partition coefficient (Wildman–Crippen LogP) is 1.88. The molecular formula is C24H34N6O2. The van der Waals surface area contributed by atoms with Gasteiger partial charge in [-0.15, -0.1) is 0 Å². The Bertz CT molecular complexity index is 881. The molecule has 1 N–H and O–H groups in total. The zero-order chi connectivity index (χ0) is 22.8. The first-order chi connectivity index (χ1) is 15.6. The van der Waals surface area contributed by atoms with Crippen molar-refractivity contribution in [1.29, 1.82) is 0 Å². The number of aliphatic imine (C=N–C) groups is 1. The van der Waals surface area contributed by atoms with Crippen molar-refractivity contribution >= 4 is 17.6 Å². The Kier molecular flexibility index (Phi) is 8.71. The number of amides is 1. The van der Waals surface area contributed by atoms with Crippen molar-refractivity contribution in [3.8, 4) is 5.75 Å². The van der Waals surface area contributed by atoms with E-state index in [0.717, 1.165) is 62.2 Å². The van der Waals surface area contributed by atoms with E-state index >= 15 is 0 Å². The van der Waals surface area contributed by atoms with Gasteiger partial charge in [-0.05, 0) is 31.2 Å². The van der Waals surface area contributed by atoms with Crippen LogP contribution in [0.15, 0.2) is 53.7 Å². The van der Waals surface area contributed by atoms with Crippen molar-refractivity contribution in [1.82, 2.24) is 20.1 Å². The largest absolute Gasteiger partial charge is 0.495 e. The van der Waals surface area contributed by atoms with Crippen LogP contribution in [0.3, 0.4) is 0 Å². The maximum absolute atomic E-state index is 12.6. The van der Waals surface area contributed by atoms with Gasteiger partial charge in [0, 0.05) is 64.6 Å². The van der Waals surface area contributed by atoms with Gasteiger partial charge in [-0.3, -0.25) is 9.78 Å². The summed E-state index contributed by atoms with van der Waals surface area (Å²) in [5, 5.41) is 3.33. The van der Waals surface area contributed by atoms with Crippen LogP contribution in [0.25, 0.3) is 0 Å². The number of ether oxygens (including phenoxy) is 1. The van der Waals surface area contributed by atoms with Gasteiger partial charge in [0.15, 0.2) is 5.96 Å². The molecule has 32 heavy (non-hydrogen) atoms. The lowest BCUT2D eigenvalue weighted by atomic mass is 10.2. The van der Waals surface area contributed by atoms with Crippen LogP contribution in [-0.2, 0) is 11.2 Å². The van der Waals surface area contributed by atoms with Crippen LogP contribution in [-0.4, -0.2) is 86.6 Å². The van der Waals surface area contributed by atoms with E-state index < -0.39 is 0 Å². The van der Waals surface area contributed by atoms with Gasteiger partial charge >= 0.3 is 0 Å². The fourth-order valence-corrected chi connectivity index (χ4v) is 3.69. The zero-order valence-electron chi connectivity index (χ0n) is 19.3. The van der Waals surface area contributed by atoms with Crippen LogP contribution in [0.5, 0.6) is 5.75 Å². The third-order valence-electron chi connectivity index (χ3n) is 5.56. The summed E-state index contributed by atoms with van der Waals surface area (Å²) in [7, 11) is 3.52. The number of methoxy groups -OCH3 is 1. The van der Waals surface area contributed by atoms with Crippen LogP contribution in [0.4, 0.5) is 5.69 Å². The van der Waals surface area contributed by atoms with Crippen LogP contribution in [0, 0.1) is 0 Å². The summed E-state index contributed by atoms with van der Waals surface area (Å²) in [6, 6.07) is 13.9. The highest BCUT2D eigenvalue weighted by molar-refractivity contribution is 5.85. The van der Waals surface area contributed by atoms with Gasteiger partial charge in [-0.25, -0.2) is 4.99 Å². The summed E-state index contributed by atoms with van der Waals surface area (Å²) >= 11 is 0. The number of hydrogen-bond donors (Lipinski definition) is 1. The first-order valence-electron chi connectivity index (χ1n) is 11.2. The second-order valence-corrected chi connectivity index (χ2v) is 7.70. The lowest BCUT2D eigenvalue weighted by molar-refractivity contribution is -0.128. The molecule has 2 aromatic rings. The smallest absolute Gasteiger partial charge is 0.244 e. The lowest BCUT2D eigenvalue weighted by Crippen LogP contribution is -2.52.